The maximum Gasteiger partial charge on any atom is 0.338 e. The Morgan fingerprint density at radius 1 is 1.52 bits per heavy atom. The van der Waals surface area contributed by atoms with Crippen molar-refractivity contribution in [3.63, 3.8) is 0 Å². The second kappa shape index (κ2) is 7.24. The fourth-order valence-corrected chi connectivity index (χ4v) is 5.78. The number of aryl methyl sites for hydroxylation is 1. The number of carbonyl (C=O) groups is 1. The largest absolute Gasteiger partial charge is 0.478 e. The van der Waals surface area contributed by atoms with Crippen LogP contribution in [0.2, 0.25) is 0 Å². The number of carboxylic acid groups (broad SMARTS) is 1. The van der Waals surface area contributed by atoms with Gasteiger partial charge in [-0.05, 0) is 24.9 Å². The fraction of sp³-hybridized carbons (Fsp3) is 0.467. The van der Waals surface area contributed by atoms with Gasteiger partial charge in [0.1, 0.15) is 10.0 Å². The highest BCUT2D eigenvalue weighted by Gasteiger charge is 2.31. The van der Waals surface area contributed by atoms with Gasteiger partial charge < -0.3 is 15.0 Å². The first kappa shape index (κ1) is 18.1. The fourth-order valence-electron chi connectivity index (χ4n) is 2.89. The Morgan fingerprint density at radius 2 is 2.32 bits per heavy atom. The van der Waals surface area contributed by atoms with Crippen LogP contribution < -0.4 is 10.0 Å². The minimum atomic E-state index is -3.93. The van der Waals surface area contributed by atoms with Crippen molar-refractivity contribution in [2.75, 3.05) is 6.54 Å². The van der Waals surface area contributed by atoms with E-state index in [2.05, 4.69) is 15.0 Å². The molecule has 0 spiro atoms. The van der Waals surface area contributed by atoms with Crippen LogP contribution >= 0.6 is 11.3 Å². The van der Waals surface area contributed by atoms with Crippen molar-refractivity contribution in [2.24, 2.45) is 0 Å². The summed E-state index contributed by atoms with van der Waals surface area (Å²) in [5, 5.41) is 12.7. The van der Waals surface area contributed by atoms with E-state index in [9.17, 15) is 18.3 Å². The quantitative estimate of drug-likeness (QED) is 0.661. The van der Waals surface area contributed by atoms with Crippen molar-refractivity contribution in [2.45, 2.75) is 43.6 Å². The van der Waals surface area contributed by atoms with E-state index in [1.54, 1.807) is 12.4 Å². The van der Waals surface area contributed by atoms with Crippen LogP contribution in [0.15, 0.2) is 16.6 Å². The molecule has 3 N–H and O–H groups in total. The maximum atomic E-state index is 12.7. The third kappa shape index (κ3) is 3.61. The van der Waals surface area contributed by atoms with Crippen molar-refractivity contribution < 1.29 is 18.3 Å². The van der Waals surface area contributed by atoms with E-state index in [0.717, 1.165) is 29.2 Å². The topological polar surface area (TPSA) is 113 Å². The first-order chi connectivity index (χ1) is 11.9. The number of imidazole rings is 1. The third-order valence-corrected chi connectivity index (χ3v) is 7.19. The van der Waals surface area contributed by atoms with Crippen LogP contribution in [0.4, 0.5) is 0 Å². The molecular weight excluding hydrogens is 364 g/mol. The number of rotatable bonds is 7. The second-order valence-electron chi connectivity index (χ2n) is 5.76. The van der Waals surface area contributed by atoms with Gasteiger partial charge in [-0.3, -0.25) is 0 Å². The van der Waals surface area contributed by atoms with Crippen molar-refractivity contribution in [1.29, 1.82) is 0 Å². The normalized spacial score (nSPS) is 14.4. The Balaban J connectivity index is 1.88. The second-order valence-corrected chi connectivity index (χ2v) is 8.83. The van der Waals surface area contributed by atoms with Crippen molar-refractivity contribution in [1.82, 2.24) is 19.6 Å². The van der Waals surface area contributed by atoms with E-state index in [1.807, 2.05) is 11.5 Å². The molecule has 0 saturated heterocycles. The minimum Gasteiger partial charge on any atom is -0.478 e. The lowest BCUT2D eigenvalue weighted by atomic mass is 10.1. The van der Waals surface area contributed by atoms with Gasteiger partial charge in [0.2, 0.25) is 0 Å². The van der Waals surface area contributed by atoms with Gasteiger partial charge in [-0.1, -0.05) is 6.92 Å². The summed E-state index contributed by atoms with van der Waals surface area (Å²) in [7, 11) is -3.93. The Bertz CT molecular complexity index is 885. The predicted octanol–water partition coefficient (Wildman–Crippen LogP) is 1.18. The lowest BCUT2D eigenvalue weighted by Crippen LogP contribution is -2.26. The van der Waals surface area contributed by atoms with Gasteiger partial charge in [0, 0.05) is 30.4 Å². The van der Waals surface area contributed by atoms with Crippen LogP contribution in [0.3, 0.4) is 0 Å². The molecule has 2 aromatic rings. The molecule has 0 fully saturated rings. The summed E-state index contributed by atoms with van der Waals surface area (Å²) in [5.41, 5.74) is 0.537. The van der Waals surface area contributed by atoms with E-state index in [-0.39, 0.29) is 16.3 Å². The number of fused-ring (bicyclic) bond motifs is 1. The van der Waals surface area contributed by atoms with Crippen LogP contribution in [0.25, 0.3) is 0 Å². The lowest BCUT2D eigenvalue weighted by molar-refractivity contribution is 0.0692. The predicted molar refractivity (Wildman–Crippen MR) is 93.2 cm³/mol. The summed E-state index contributed by atoms with van der Waals surface area (Å²) >= 11 is 1.03. The van der Waals surface area contributed by atoms with Crippen molar-refractivity contribution in [3.05, 3.63) is 34.2 Å². The number of carboxylic acids is 1. The van der Waals surface area contributed by atoms with Gasteiger partial charge in [-0.2, -0.15) is 0 Å². The Labute approximate surface area is 149 Å². The summed E-state index contributed by atoms with van der Waals surface area (Å²) in [4.78, 5) is 16.6. The summed E-state index contributed by atoms with van der Waals surface area (Å²) in [6, 6.07) is 0. The number of aromatic carboxylic acids is 1. The lowest BCUT2D eigenvalue weighted by Gasteiger charge is -2.12. The highest BCUT2D eigenvalue weighted by atomic mass is 32.2. The molecule has 0 amide bonds. The minimum absolute atomic E-state index is 0.0230. The van der Waals surface area contributed by atoms with Gasteiger partial charge in [0.15, 0.2) is 0 Å². The molecule has 10 heteroatoms. The van der Waals surface area contributed by atoms with E-state index in [0.29, 0.717) is 30.9 Å². The molecule has 2 aromatic heterocycles. The van der Waals surface area contributed by atoms with E-state index >= 15 is 0 Å². The number of nitrogens with zero attached hydrogens (tertiary/aromatic N) is 2. The summed E-state index contributed by atoms with van der Waals surface area (Å²) in [6.07, 6.45) is 4.84. The molecule has 0 atom stereocenters. The molecule has 0 aromatic carbocycles. The average Bonchev–Trinajstić information content (AvgIpc) is 3.17. The number of nitrogens with one attached hydrogen (secondary N) is 2. The van der Waals surface area contributed by atoms with Gasteiger partial charge >= 0.3 is 5.97 Å². The molecule has 3 heterocycles. The first-order valence-electron chi connectivity index (χ1n) is 8.02. The van der Waals surface area contributed by atoms with E-state index < -0.39 is 16.0 Å². The van der Waals surface area contributed by atoms with Gasteiger partial charge in [-0.15, -0.1) is 11.3 Å². The molecule has 0 aliphatic carbocycles. The van der Waals surface area contributed by atoms with Gasteiger partial charge in [-0.25, -0.2) is 22.9 Å². The zero-order chi connectivity index (χ0) is 18.0. The number of aromatic nitrogens is 2. The molecular formula is C15H20N4O4S2. The summed E-state index contributed by atoms with van der Waals surface area (Å²) in [5.74, 6) is -0.599. The average molecular weight is 384 g/mol. The number of hydrogen-bond acceptors (Lipinski definition) is 6. The third-order valence-electron chi connectivity index (χ3n) is 4.04. The molecule has 0 saturated carbocycles. The van der Waals surface area contributed by atoms with Crippen LogP contribution in [-0.4, -0.2) is 35.6 Å². The summed E-state index contributed by atoms with van der Waals surface area (Å²) < 4.78 is 29.7. The maximum absolute atomic E-state index is 12.7. The smallest absolute Gasteiger partial charge is 0.338 e. The number of sulfonamides is 1. The molecule has 0 unspecified atom stereocenters. The summed E-state index contributed by atoms with van der Waals surface area (Å²) in [6.45, 7) is 3.94. The molecule has 25 heavy (non-hydrogen) atoms. The van der Waals surface area contributed by atoms with E-state index in [1.165, 1.54) is 0 Å². The molecule has 3 rings (SSSR count). The molecule has 0 radical (unpaired) electrons. The molecule has 1 aliphatic rings. The molecule has 8 nitrogen and oxygen atoms in total. The number of hydrogen-bond donors (Lipinski definition) is 3. The zero-order valence-electron chi connectivity index (χ0n) is 13.8. The van der Waals surface area contributed by atoms with E-state index in [4.69, 9.17) is 0 Å². The van der Waals surface area contributed by atoms with Gasteiger partial charge in [0.25, 0.3) is 10.0 Å². The van der Waals surface area contributed by atoms with Crippen LogP contribution in [0.5, 0.6) is 0 Å². The highest BCUT2D eigenvalue weighted by Crippen LogP contribution is 2.34. The number of thiophene rings is 1. The Kier molecular flexibility index (Phi) is 5.23. The standard InChI is InChI=1S/C15H20N4O4S2/c1-2-6-19-7-5-17-12(19)9-18-25(22,23)15-13(14(20)21)10-3-4-16-8-11(10)24-15/h5,7,16,18H,2-4,6,8-9H2,1H3,(H,20,21). The first-order valence-corrected chi connectivity index (χ1v) is 10.3. The van der Waals surface area contributed by atoms with Gasteiger partial charge in [0.05, 0.1) is 12.1 Å². The van der Waals surface area contributed by atoms with Crippen LogP contribution in [0, 0.1) is 0 Å². The van der Waals surface area contributed by atoms with Crippen LogP contribution in [0.1, 0.15) is 40.0 Å². The Morgan fingerprint density at radius 3 is 3.04 bits per heavy atom. The van der Waals surface area contributed by atoms with Crippen molar-refractivity contribution in [3.8, 4) is 0 Å². The molecule has 1 aliphatic heterocycles. The molecule has 136 valence electrons. The highest BCUT2D eigenvalue weighted by molar-refractivity contribution is 7.91. The SMILES string of the molecule is CCCn1ccnc1CNS(=O)(=O)c1sc2c(c1C(=O)O)CCNC2. The Hall–Kier alpha value is -1.75. The zero-order valence-corrected chi connectivity index (χ0v) is 15.4. The molecule has 0 bridgehead atoms. The van der Waals surface area contributed by atoms with Crippen LogP contribution in [-0.2, 0) is 36.1 Å². The van der Waals surface area contributed by atoms with Crippen molar-refractivity contribution >= 4 is 27.3 Å². The monoisotopic (exact) mass is 384 g/mol.